The highest BCUT2D eigenvalue weighted by Crippen LogP contribution is 2.35. The molecule has 0 aliphatic heterocycles. The van der Waals surface area contributed by atoms with Gasteiger partial charge in [0.25, 0.3) is 0 Å². The zero-order valence-corrected chi connectivity index (χ0v) is 37.5. The highest BCUT2D eigenvalue weighted by atomic mass is 31.1. The molecule has 2 aromatic rings. The molecule has 2 rings (SSSR count). The van der Waals surface area contributed by atoms with Gasteiger partial charge in [-0.2, -0.15) is 21.1 Å². The van der Waals surface area contributed by atoms with Gasteiger partial charge < -0.3 is 0 Å². The SMILES string of the molecule is CCCCCC[CH2][Al-]([CH2]CCCCCC)([CH2]CCCCCC)[CH2]CCCCCC.CCCCCC[PH2+]CC.c1ccc(-c2ccccc2)cc1. The van der Waals surface area contributed by atoms with Crippen LogP contribution in [-0.2, 0) is 0 Å². The van der Waals surface area contributed by atoms with Crippen LogP contribution in [0.15, 0.2) is 60.7 Å². The summed E-state index contributed by atoms with van der Waals surface area (Å²) in [5, 5.41) is 6.80. The molecule has 2 heteroatoms. The Kier molecular flexibility index (Phi) is 39.1. The van der Waals surface area contributed by atoms with Gasteiger partial charge in [0, 0.05) is 0 Å². The molecule has 0 aromatic heterocycles. The molecule has 0 aliphatic carbocycles. The first kappa shape index (κ1) is 49.4. The average molecular weight is 725 g/mol. The zero-order valence-electron chi connectivity index (χ0n) is 35.1. The quantitative estimate of drug-likeness (QED) is 0.0413. The van der Waals surface area contributed by atoms with Gasteiger partial charge >= 0.3 is 0 Å². The molecule has 0 nitrogen and oxygen atoms in total. The van der Waals surface area contributed by atoms with Gasteiger partial charge in [0.1, 0.15) is 13.1 Å². The maximum Gasteiger partial charge on any atom is 0.134 e. The van der Waals surface area contributed by atoms with Crippen LogP contribution in [-0.4, -0.2) is 25.4 Å². The van der Waals surface area contributed by atoms with E-state index in [0.717, 1.165) is 8.58 Å². The maximum atomic E-state index is 2.35. The molecule has 0 N–H and O–H groups in total. The third-order valence-electron chi connectivity index (χ3n) is 11.1. The van der Waals surface area contributed by atoms with Crippen LogP contribution in [0.25, 0.3) is 11.1 Å². The van der Waals surface area contributed by atoms with Gasteiger partial charge in [-0.25, -0.2) is 0 Å². The second-order valence-electron chi connectivity index (χ2n) is 15.8. The molecule has 1 unspecified atom stereocenters. The molecule has 0 spiro atoms. The summed E-state index contributed by atoms with van der Waals surface area (Å²) >= 11 is -1.38. The van der Waals surface area contributed by atoms with E-state index in [-0.39, 0.29) is 0 Å². The molecular formula is C48H90AlP. The van der Waals surface area contributed by atoms with Crippen LogP contribution in [0.1, 0.15) is 196 Å². The Morgan fingerprint density at radius 1 is 0.340 bits per heavy atom. The molecule has 0 fully saturated rings. The van der Waals surface area contributed by atoms with Crippen LogP contribution >= 0.6 is 8.58 Å². The number of hydrogen-bond acceptors (Lipinski definition) is 0. The number of benzene rings is 2. The predicted molar refractivity (Wildman–Crippen MR) is 241 cm³/mol. The van der Waals surface area contributed by atoms with E-state index in [9.17, 15) is 0 Å². The van der Waals surface area contributed by atoms with Crippen molar-refractivity contribution in [1.29, 1.82) is 0 Å². The molecule has 290 valence electrons. The van der Waals surface area contributed by atoms with Gasteiger partial charge in [-0.05, 0) is 39.5 Å². The fraction of sp³-hybridized carbons (Fsp3) is 0.750. The third kappa shape index (κ3) is 31.0. The summed E-state index contributed by atoms with van der Waals surface area (Å²) in [4.78, 5) is 0. The van der Waals surface area contributed by atoms with Crippen molar-refractivity contribution in [1.82, 2.24) is 0 Å². The summed E-state index contributed by atoms with van der Waals surface area (Å²) in [7, 11) is 0.810. The molecular weight excluding hydrogens is 634 g/mol. The Balaban J connectivity index is 0.000000917. The van der Waals surface area contributed by atoms with Gasteiger partial charge in [0.15, 0.2) is 0 Å². The lowest BCUT2D eigenvalue weighted by Gasteiger charge is -2.37. The van der Waals surface area contributed by atoms with Gasteiger partial charge in [0.2, 0.25) is 0 Å². The van der Waals surface area contributed by atoms with Crippen molar-refractivity contribution in [2.45, 2.75) is 217 Å². The molecule has 0 aliphatic rings. The van der Waals surface area contributed by atoms with Crippen LogP contribution in [0, 0.1) is 0 Å². The molecule has 0 saturated carbocycles. The van der Waals surface area contributed by atoms with Crippen LogP contribution in [0.3, 0.4) is 0 Å². The monoisotopic (exact) mass is 725 g/mol. The van der Waals surface area contributed by atoms with Gasteiger partial charge in [-0.15, -0.1) is 0 Å². The highest BCUT2D eigenvalue weighted by Gasteiger charge is 2.27. The minimum absolute atomic E-state index is 0.810. The van der Waals surface area contributed by atoms with Crippen molar-refractivity contribution < 1.29 is 0 Å². The topological polar surface area (TPSA) is 0 Å². The van der Waals surface area contributed by atoms with Gasteiger partial charge in [0.05, 0.1) is 12.3 Å². The summed E-state index contributed by atoms with van der Waals surface area (Å²) in [5.41, 5.74) is 2.55. The van der Waals surface area contributed by atoms with E-state index in [1.165, 1.54) is 152 Å². The molecule has 0 bridgehead atoms. The maximum absolute atomic E-state index is 2.35. The lowest BCUT2D eigenvalue weighted by molar-refractivity contribution is 0.619. The normalized spacial score (nSPS) is 11.3. The molecule has 0 radical (unpaired) electrons. The molecule has 2 aromatic carbocycles. The molecule has 50 heavy (non-hydrogen) atoms. The van der Waals surface area contributed by atoms with E-state index in [1.54, 1.807) is 46.8 Å². The minimum atomic E-state index is -1.38. The molecule has 0 saturated heterocycles. The summed E-state index contributed by atoms with van der Waals surface area (Å²) < 4.78 is 0. The Morgan fingerprint density at radius 2 is 0.620 bits per heavy atom. The van der Waals surface area contributed by atoms with E-state index in [2.05, 4.69) is 90.1 Å². The minimum Gasteiger partial charge on any atom is -0.191 e. The van der Waals surface area contributed by atoms with Crippen molar-refractivity contribution in [3.8, 4) is 11.1 Å². The van der Waals surface area contributed by atoms with Crippen LogP contribution in [0.2, 0.25) is 21.1 Å². The first-order valence-electron chi connectivity index (χ1n) is 22.8. The van der Waals surface area contributed by atoms with E-state index < -0.39 is 13.1 Å². The number of unbranched alkanes of at least 4 members (excludes halogenated alkanes) is 19. The van der Waals surface area contributed by atoms with Crippen LogP contribution in [0.4, 0.5) is 0 Å². The highest BCUT2D eigenvalue weighted by molar-refractivity contribution is 7.37. The molecule has 0 heterocycles. The standard InChI is InChI=1S/C12H10.C8H19P.4C7H15.Al/c1-3-7-11(8-4-1)12-9-5-2-6-10-12;1-3-5-6-7-8-9-4-2;4*1-3-5-7-6-4-2;/h1-10H;9H,3-8H2,1-2H3;4*1,3-7H2,2H3;/q;;;;;;-1/p+1. The molecule has 1 atom stereocenters. The van der Waals surface area contributed by atoms with Crippen molar-refractivity contribution in [3.63, 3.8) is 0 Å². The van der Waals surface area contributed by atoms with Crippen molar-refractivity contribution in [2.24, 2.45) is 0 Å². The fourth-order valence-corrected chi connectivity index (χ4v) is 15.1. The second kappa shape index (κ2) is 39.6. The summed E-state index contributed by atoms with van der Waals surface area (Å²) in [5.74, 6) is 0. The first-order chi connectivity index (χ1) is 24.6. The lowest BCUT2D eigenvalue weighted by atomic mass is 10.1. The van der Waals surface area contributed by atoms with E-state index in [1.807, 2.05) is 12.1 Å². The summed E-state index contributed by atoms with van der Waals surface area (Å²) in [6.45, 7) is 14.0. The van der Waals surface area contributed by atoms with Gasteiger partial charge in [-0.1, -0.05) is 237 Å². The first-order valence-corrected chi connectivity index (χ1v) is 27.7. The predicted octanol–water partition coefficient (Wildman–Crippen LogP) is 17.7. The average Bonchev–Trinajstić information content (AvgIpc) is 3.15. The van der Waals surface area contributed by atoms with Crippen LogP contribution in [0.5, 0.6) is 0 Å². The Labute approximate surface area is 321 Å². The van der Waals surface area contributed by atoms with E-state index >= 15 is 0 Å². The third-order valence-corrected chi connectivity index (χ3v) is 19.0. The van der Waals surface area contributed by atoms with Crippen LogP contribution < -0.4 is 0 Å². The Morgan fingerprint density at radius 3 is 0.900 bits per heavy atom. The zero-order chi connectivity index (χ0) is 36.6. The largest absolute Gasteiger partial charge is 0.191 e. The smallest absolute Gasteiger partial charge is 0.134 e. The lowest BCUT2D eigenvalue weighted by Crippen LogP contribution is -2.34. The summed E-state index contributed by atoms with van der Waals surface area (Å²) in [6.07, 6.45) is 38.5. The number of rotatable bonds is 31. The summed E-state index contributed by atoms with van der Waals surface area (Å²) in [6, 6.07) is 20.8. The fourth-order valence-electron chi connectivity index (χ4n) is 7.77. The van der Waals surface area contributed by atoms with E-state index in [4.69, 9.17) is 0 Å². The van der Waals surface area contributed by atoms with Crippen molar-refractivity contribution >= 4 is 21.7 Å². The van der Waals surface area contributed by atoms with Gasteiger partial charge in [-0.3, -0.25) is 0 Å². The Hall–Kier alpha value is -0.598. The van der Waals surface area contributed by atoms with Crippen molar-refractivity contribution in [2.75, 3.05) is 12.3 Å². The number of hydrogen-bond donors (Lipinski definition) is 0. The van der Waals surface area contributed by atoms with Crippen molar-refractivity contribution in [3.05, 3.63) is 60.7 Å². The van der Waals surface area contributed by atoms with E-state index in [0.29, 0.717) is 0 Å². The second-order valence-corrected chi connectivity index (χ2v) is 23.6. The molecule has 0 amide bonds. The Bertz CT molecular complexity index is 777.